The second-order valence-corrected chi connectivity index (χ2v) is 5.93. The van der Waals surface area contributed by atoms with E-state index in [0.717, 1.165) is 41.6 Å². The summed E-state index contributed by atoms with van der Waals surface area (Å²) < 4.78 is 0. The first-order valence-corrected chi connectivity index (χ1v) is 9.15. The zero-order valence-electron chi connectivity index (χ0n) is 13.2. The van der Waals surface area contributed by atoms with Gasteiger partial charge in [-0.2, -0.15) is 6.08 Å². The minimum atomic E-state index is -0.352. The van der Waals surface area contributed by atoms with Crippen LogP contribution in [-0.2, 0) is 30.6 Å². The van der Waals surface area contributed by atoms with Crippen LogP contribution in [0.1, 0.15) is 45.4 Å². The van der Waals surface area contributed by atoms with E-state index < -0.39 is 0 Å². The van der Waals surface area contributed by atoms with Gasteiger partial charge in [-0.05, 0) is 12.8 Å². The fraction of sp³-hybridized carbons (Fsp3) is 0.667. The van der Waals surface area contributed by atoms with Gasteiger partial charge in [0.2, 0.25) is 0 Å². The average Bonchev–Trinajstić information content (AvgIpc) is 2.83. The van der Waals surface area contributed by atoms with Crippen LogP contribution >= 0.6 is 0 Å². The predicted octanol–water partition coefficient (Wildman–Crippen LogP) is -1.63. The normalized spacial score (nSPS) is 15.5. The fourth-order valence-electron chi connectivity index (χ4n) is 1.86. The van der Waals surface area contributed by atoms with Gasteiger partial charge in [-0.3, -0.25) is 6.08 Å². The summed E-state index contributed by atoms with van der Waals surface area (Å²) in [5.74, 6) is -0.270. The Bertz CT molecular complexity index is 291. The molecule has 21 heavy (non-hydrogen) atoms. The maximum atomic E-state index is 10.5. The summed E-state index contributed by atoms with van der Waals surface area (Å²) in [4.78, 5) is 10.5. The van der Waals surface area contributed by atoms with Crippen molar-refractivity contribution in [2.75, 3.05) is 0 Å². The Morgan fingerprint density at radius 2 is 1.71 bits per heavy atom. The smallest absolute Gasteiger partial charge is 1.00 e. The van der Waals surface area contributed by atoms with Gasteiger partial charge in [0.15, 0.2) is 0 Å². The number of carbonyl (C=O) groups is 1. The van der Waals surface area contributed by atoms with E-state index in [1.165, 1.54) is 12.0 Å². The van der Waals surface area contributed by atoms with Gasteiger partial charge < -0.3 is 35.3 Å². The van der Waals surface area contributed by atoms with E-state index in [4.69, 9.17) is 5.73 Å². The van der Waals surface area contributed by atoms with Crippen LogP contribution in [0, 0.1) is 12.0 Å². The molecule has 0 bridgehead atoms. The molecule has 1 saturated carbocycles. The summed E-state index contributed by atoms with van der Waals surface area (Å²) in [6, 6.07) is 0. The molecule has 0 aromatic heterocycles. The Morgan fingerprint density at radius 3 is 1.90 bits per heavy atom. The minimum Gasteiger partial charge on any atom is -1.00 e. The summed E-state index contributed by atoms with van der Waals surface area (Å²) in [6.45, 7) is 6.50. The molecule has 6 heteroatoms. The quantitative estimate of drug-likeness (QED) is 0.307. The van der Waals surface area contributed by atoms with Gasteiger partial charge in [0.25, 0.3) is 0 Å². The third-order valence-corrected chi connectivity index (χ3v) is 2.85. The van der Waals surface area contributed by atoms with E-state index in [1.807, 2.05) is 6.08 Å². The SMILES string of the molecule is CC1=CC[C-]=C1.C[SiH]C.[Cl-].[Cl-].[Hf+4].[NH-]C(=O)C1CCCCC1. The summed E-state index contributed by atoms with van der Waals surface area (Å²) >= 11 is 0. The zero-order chi connectivity index (χ0) is 13.8. The predicted molar refractivity (Wildman–Crippen MR) is 81.0 cm³/mol. The Kier molecular flexibility index (Phi) is 29.1. The molecule has 119 valence electrons. The number of rotatable bonds is 1. The first-order valence-electron chi connectivity index (χ1n) is 6.84. The minimum absolute atomic E-state index is 0. The third kappa shape index (κ3) is 18.6. The van der Waals surface area contributed by atoms with E-state index in [1.54, 1.807) is 0 Å². The number of halogens is 2. The van der Waals surface area contributed by atoms with Crippen molar-refractivity contribution < 1.29 is 55.5 Å². The van der Waals surface area contributed by atoms with Gasteiger partial charge in [0, 0.05) is 15.4 Å². The molecule has 0 unspecified atom stereocenters. The van der Waals surface area contributed by atoms with Crippen molar-refractivity contribution in [2.24, 2.45) is 5.92 Å². The van der Waals surface area contributed by atoms with Crippen molar-refractivity contribution in [3.8, 4) is 0 Å². The summed E-state index contributed by atoms with van der Waals surface area (Å²) in [5.41, 5.74) is 8.18. The van der Waals surface area contributed by atoms with E-state index >= 15 is 0 Å². The molecule has 1 radical (unpaired) electrons. The van der Waals surface area contributed by atoms with Gasteiger partial charge in [0.05, 0.1) is 5.91 Å². The first kappa shape index (κ1) is 29.6. The van der Waals surface area contributed by atoms with Crippen LogP contribution in [-0.4, -0.2) is 15.4 Å². The molecule has 2 rings (SSSR count). The van der Waals surface area contributed by atoms with Crippen molar-refractivity contribution in [3.05, 3.63) is 29.5 Å². The molecule has 0 spiro atoms. The summed E-state index contributed by atoms with van der Waals surface area (Å²) in [7, 11) is 0.750. The van der Waals surface area contributed by atoms with Crippen molar-refractivity contribution >= 4 is 15.4 Å². The van der Waals surface area contributed by atoms with Crippen LogP contribution in [0.3, 0.4) is 0 Å². The molecule has 0 aliphatic heterocycles. The molecule has 0 saturated heterocycles. The largest absolute Gasteiger partial charge is 4.00 e. The molecule has 1 fully saturated rings. The molecule has 2 nitrogen and oxygen atoms in total. The van der Waals surface area contributed by atoms with Gasteiger partial charge in [0.1, 0.15) is 0 Å². The number of hydrogen-bond donors (Lipinski definition) is 0. The number of allylic oxidation sites excluding steroid dienone is 4. The Balaban J connectivity index is -0.000000107. The molecule has 0 atom stereocenters. The Hall–Kier alpha value is 0.617. The number of carbonyl (C=O) groups excluding carboxylic acids is 1. The maximum absolute atomic E-state index is 10.5. The molecule has 2 aliphatic rings. The van der Waals surface area contributed by atoms with E-state index in [9.17, 15) is 4.79 Å². The van der Waals surface area contributed by atoms with Gasteiger partial charge >= 0.3 is 25.8 Å². The van der Waals surface area contributed by atoms with Gasteiger partial charge in [-0.1, -0.05) is 32.4 Å². The molecular weight excluding hydrogens is 488 g/mol. The summed E-state index contributed by atoms with van der Waals surface area (Å²) in [6.07, 6.45) is 13.7. The third-order valence-electron chi connectivity index (χ3n) is 2.85. The molecule has 1 N–H and O–H groups in total. The second-order valence-electron chi connectivity index (χ2n) is 4.78. The maximum Gasteiger partial charge on any atom is 4.00 e. The van der Waals surface area contributed by atoms with Crippen LogP contribution < -0.4 is 24.8 Å². The van der Waals surface area contributed by atoms with Crippen molar-refractivity contribution in [3.63, 3.8) is 0 Å². The first-order chi connectivity index (χ1) is 8.61. The topological polar surface area (TPSA) is 40.9 Å². The summed E-state index contributed by atoms with van der Waals surface area (Å²) in [5, 5.41) is 0. The van der Waals surface area contributed by atoms with E-state index in [-0.39, 0.29) is 62.5 Å². The molecule has 0 heterocycles. The van der Waals surface area contributed by atoms with Crippen LogP contribution in [0.15, 0.2) is 17.7 Å². The number of hydrogen-bond acceptors (Lipinski definition) is 1. The van der Waals surface area contributed by atoms with Gasteiger partial charge in [-0.25, -0.2) is 11.6 Å². The standard InChI is InChI=1S/C7H13NO.C6H7.C2H7Si.2ClH.Hf/c8-7(9)6-4-2-1-3-5-6;1-6-4-2-3-5-6;1-3-2;;;/h6H,1-5H2,(H2,8,9);4-5H,2H2,1H3;3H,1-2H3;2*1H;/q;-1;;;;+4/p-3. The fourth-order valence-corrected chi connectivity index (χ4v) is 1.86. The molecule has 1 amide bonds. The molecule has 0 aromatic carbocycles. The van der Waals surface area contributed by atoms with Crippen LogP contribution in [0.5, 0.6) is 0 Å². The van der Waals surface area contributed by atoms with E-state index in [0.29, 0.717) is 0 Å². The zero-order valence-corrected chi connectivity index (χ0v) is 19.5. The van der Waals surface area contributed by atoms with Crippen LogP contribution in [0.4, 0.5) is 0 Å². The van der Waals surface area contributed by atoms with Crippen molar-refractivity contribution in [2.45, 2.75) is 58.5 Å². The Labute approximate surface area is 164 Å². The Morgan fingerprint density at radius 1 is 1.24 bits per heavy atom. The van der Waals surface area contributed by atoms with Crippen molar-refractivity contribution in [1.29, 1.82) is 0 Å². The molecular formula is C15H26Cl2HfNOSi. The van der Waals surface area contributed by atoms with Gasteiger partial charge in [-0.15, -0.1) is 13.3 Å². The van der Waals surface area contributed by atoms with Crippen molar-refractivity contribution in [1.82, 2.24) is 0 Å². The average molecular weight is 514 g/mol. The molecule has 2 aliphatic carbocycles. The number of amides is 1. The second kappa shape index (κ2) is 20.6. The number of nitrogens with one attached hydrogen (secondary N) is 1. The van der Waals surface area contributed by atoms with Crippen LogP contribution in [0.25, 0.3) is 5.73 Å². The monoisotopic (exact) mass is 514 g/mol. The van der Waals surface area contributed by atoms with Crippen LogP contribution in [0.2, 0.25) is 13.1 Å². The van der Waals surface area contributed by atoms with E-state index in [2.05, 4.69) is 32.2 Å². The molecule has 0 aromatic rings.